The maximum Gasteiger partial charge on any atom is 0.0392 e. The molecule has 1 aliphatic heterocycles. The van der Waals surface area contributed by atoms with Gasteiger partial charge in [0.05, 0.1) is 0 Å². The summed E-state index contributed by atoms with van der Waals surface area (Å²) in [6.07, 6.45) is 2.70. The third kappa shape index (κ3) is 1.40. The molecule has 0 aromatic heterocycles. The highest BCUT2D eigenvalue weighted by Crippen LogP contribution is 2.13. The van der Waals surface area contributed by atoms with E-state index in [2.05, 4.69) is 0 Å². The average Bonchev–Trinajstić information content (AvgIpc) is 1.87. The van der Waals surface area contributed by atoms with E-state index in [-0.39, 0.29) is 0 Å². The molecule has 2 atom stereocenters. The van der Waals surface area contributed by atoms with E-state index in [1.165, 1.54) is 33.3 Å². The highest BCUT2D eigenvalue weighted by Gasteiger charge is 2.15. The van der Waals surface area contributed by atoms with Gasteiger partial charge in [-0.3, -0.25) is 0 Å². The van der Waals surface area contributed by atoms with Gasteiger partial charge in [-0.05, 0) is 12.8 Å². The van der Waals surface area contributed by atoms with Gasteiger partial charge in [-0.15, -0.1) is 0 Å². The molecule has 0 spiro atoms. The van der Waals surface area contributed by atoms with Gasteiger partial charge in [0, 0.05) is 31.9 Å². The summed E-state index contributed by atoms with van der Waals surface area (Å²) in [4.78, 5) is 0. The summed E-state index contributed by atoms with van der Waals surface area (Å²) >= 11 is 0. The Kier molecular flexibility index (Phi) is 1.66. The summed E-state index contributed by atoms with van der Waals surface area (Å²) in [5.41, 5.74) is 1.39. The van der Waals surface area contributed by atoms with Gasteiger partial charge < -0.3 is 4.74 Å². The minimum atomic E-state index is 0.697. The first kappa shape index (κ1) is 5.53. The van der Waals surface area contributed by atoms with Gasteiger partial charge in [0.25, 0.3) is 0 Å². The van der Waals surface area contributed by atoms with Gasteiger partial charge in [-0.2, -0.15) is 0 Å². The Morgan fingerprint density at radius 2 is 1.57 bits per heavy atom. The van der Waals surface area contributed by atoms with Crippen LogP contribution in [0.1, 0.15) is 12.8 Å². The highest BCUT2D eigenvalue weighted by atomic mass is 28.2. The molecule has 0 aromatic rings. The third-order valence-corrected chi connectivity index (χ3v) is 3.14. The average molecular weight is 132 g/mol. The molecule has 3 heteroatoms. The Hall–Kier alpha value is 0.394. The Bertz CT molecular complexity index is 58.7. The maximum absolute atomic E-state index is 5.48. The minimum absolute atomic E-state index is 0.697. The summed E-state index contributed by atoms with van der Waals surface area (Å²) in [7, 11) is 2.48. The van der Waals surface area contributed by atoms with Crippen LogP contribution in [0.2, 0.25) is 0 Å². The predicted octanol–water partition coefficient (Wildman–Crippen LogP) is -1.82. The second kappa shape index (κ2) is 2.11. The van der Waals surface area contributed by atoms with Gasteiger partial charge in [-0.1, -0.05) is 0 Å². The first-order chi connectivity index (χ1) is 3.29. The molecule has 1 fully saturated rings. The Morgan fingerprint density at radius 1 is 1.14 bits per heavy atom. The first-order valence-electron chi connectivity index (χ1n) is 2.94. The van der Waals surface area contributed by atoms with Gasteiger partial charge in [0.2, 0.25) is 0 Å². The van der Waals surface area contributed by atoms with Crippen LogP contribution < -0.4 is 0 Å². The monoisotopic (exact) mass is 132 g/mol. The van der Waals surface area contributed by atoms with E-state index in [1.54, 1.807) is 0 Å². The zero-order valence-corrected chi connectivity index (χ0v) is 8.98. The lowest BCUT2D eigenvalue weighted by Gasteiger charge is -2.01. The molecular formula is C4H12OSi2. The van der Waals surface area contributed by atoms with Crippen LogP contribution in [0, 0.1) is 0 Å². The topological polar surface area (TPSA) is 9.23 Å². The van der Waals surface area contributed by atoms with Crippen LogP contribution in [0.3, 0.4) is 0 Å². The molecule has 0 aromatic carbocycles. The summed E-state index contributed by atoms with van der Waals surface area (Å²) in [5, 5.41) is 0. The van der Waals surface area contributed by atoms with Crippen molar-refractivity contribution < 1.29 is 4.74 Å². The molecule has 0 radical (unpaired) electrons. The summed E-state index contributed by atoms with van der Waals surface area (Å²) in [5.74, 6) is 0. The summed E-state index contributed by atoms with van der Waals surface area (Å²) in [6.45, 7) is 0. The van der Waals surface area contributed by atoms with E-state index < -0.39 is 0 Å². The lowest BCUT2D eigenvalue weighted by molar-refractivity contribution is 0.140. The molecule has 0 N–H and O–H groups in total. The molecule has 1 heterocycles. The molecule has 1 nitrogen and oxygen atoms in total. The SMILES string of the molecule is [SiH3]C1CCC([SiH3])O1. The van der Waals surface area contributed by atoms with Gasteiger partial charge >= 0.3 is 0 Å². The molecule has 0 aliphatic carbocycles. The van der Waals surface area contributed by atoms with E-state index in [1.807, 2.05) is 0 Å². The highest BCUT2D eigenvalue weighted by molar-refractivity contribution is 6.14. The second-order valence-electron chi connectivity index (χ2n) is 2.33. The van der Waals surface area contributed by atoms with Crippen LogP contribution in [0.5, 0.6) is 0 Å². The van der Waals surface area contributed by atoms with Crippen molar-refractivity contribution >= 4 is 20.5 Å². The number of rotatable bonds is 0. The van der Waals surface area contributed by atoms with Crippen molar-refractivity contribution in [2.75, 3.05) is 0 Å². The van der Waals surface area contributed by atoms with Crippen molar-refractivity contribution in [3.8, 4) is 0 Å². The van der Waals surface area contributed by atoms with Crippen LogP contribution in [0.25, 0.3) is 0 Å². The molecule has 7 heavy (non-hydrogen) atoms. The smallest absolute Gasteiger partial charge is 0.0392 e. The molecule has 2 unspecified atom stereocenters. The fourth-order valence-corrected chi connectivity index (χ4v) is 3.14. The zero-order chi connectivity index (χ0) is 5.28. The van der Waals surface area contributed by atoms with E-state index in [0.29, 0.717) is 11.5 Å². The maximum atomic E-state index is 5.48. The quantitative estimate of drug-likeness (QED) is 0.353. The van der Waals surface area contributed by atoms with Crippen molar-refractivity contribution in [3.63, 3.8) is 0 Å². The fraction of sp³-hybridized carbons (Fsp3) is 1.00. The van der Waals surface area contributed by atoms with Crippen molar-refractivity contribution in [1.29, 1.82) is 0 Å². The van der Waals surface area contributed by atoms with E-state index >= 15 is 0 Å². The van der Waals surface area contributed by atoms with Crippen LogP contribution in [-0.4, -0.2) is 31.9 Å². The van der Waals surface area contributed by atoms with Crippen LogP contribution >= 0.6 is 0 Å². The number of hydrogen-bond donors (Lipinski definition) is 0. The molecule has 42 valence electrons. The molecule has 0 amide bonds. The first-order valence-corrected chi connectivity index (χ1v) is 5.25. The largest absolute Gasteiger partial charge is 0.384 e. The summed E-state index contributed by atoms with van der Waals surface area (Å²) < 4.78 is 5.48. The van der Waals surface area contributed by atoms with Crippen molar-refractivity contribution in [2.24, 2.45) is 0 Å². The van der Waals surface area contributed by atoms with Crippen molar-refractivity contribution in [3.05, 3.63) is 0 Å². The molecular weight excluding hydrogens is 120 g/mol. The Morgan fingerprint density at radius 3 is 1.71 bits per heavy atom. The number of hydrogen-bond acceptors (Lipinski definition) is 1. The van der Waals surface area contributed by atoms with Crippen LogP contribution in [0.4, 0.5) is 0 Å². The van der Waals surface area contributed by atoms with Gasteiger partial charge in [-0.25, -0.2) is 0 Å². The fourth-order valence-electron chi connectivity index (χ4n) is 1.00. The zero-order valence-electron chi connectivity index (χ0n) is 4.98. The van der Waals surface area contributed by atoms with Crippen LogP contribution in [-0.2, 0) is 4.74 Å². The molecule has 0 bridgehead atoms. The third-order valence-electron chi connectivity index (χ3n) is 1.44. The molecule has 1 saturated heterocycles. The van der Waals surface area contributed by atoms with E-state index in [0.717, 1.165) is 0 Å². The normalized spacial score (nSPS) is 42.9. The minimum Gasteiger partial charge on any atom is -0.384 e. The molecule has 1 rings (SSSR count). The number of ether oxygens (including phenoxy) is 1. The van der Waals surface area contributed by atoms with Gasteiger partial charge in [0.15, 0.2) is 0 Å². The summed E-state index contributed by atoms with van der Waals surface area (Å²) in [6, 6.07) is 0. The molecule has 0 saturated carbocycles. The van der Waals surface area contributed by atoms with E-state index in [4.69, 9.17) is 4.74 Å². The Labute approximate surface area is 50.3 Å². The lowest BCUT2D eigenvalue weighted by Crippen LogP contribution is -2.09. The van der Waals surface area contributed by atoms with Crippen LogP contribution in [0.15, 0.2) is 0 Å². The van der Waals surface area contributed by atoms with Crippen molar-refractivity contribution in [1.82, 2.24) is 0 Å². The van der Waals surface area contributed by atoms with Crippen molar-refractivity contribution in [2.45, 2.75) is 24.3 Å². The Balaban J connectivity index is 2.26. The standard InChI is InChI=1S/C4H12OSi2/c6-3-1-2-4(7)5-3/h3-4H,1-2H2,6-7H3. The second-order valence-corrected chi connectivity index (χ2v) is 4.91. The van der Waals surface area contributed by atoms with E-state index in [9.17, 15) is 0 Å². The van der Waals surface area contributed by atoms with Gasteiger partial charge in [0.1, 0.15) is 0 Å². The lowest BCUT2D eigenvalue weighted by atomic mass is 10.4. The predicted molar refractivity (Wildman–Crippen MR) is 37.8 cm³/mol. The molecule has 1 aliphatic rings.